The van der Waals surface area contributed by atoms with E-state index >= 15 is 0 Å². The van der Waals surface area contributed by atoms with Crippen molar-refractivity contribution in [1.29, 1.82) is 0 Å². The molecule has 0 amide bonds. The van der Waals surface area contributed by atoms with Crippen LogP contribution in [0.3, 0.4) is 0 Å². The average Bonchev–Trinajstić information content (AvgIpc) is 3.43. The van der Waals surface area contributed by atoms with Crippen LogP contribution in [0, 0.1) is 18.5 Å². The molecule has 0 saturated heterocycles. The molecule has 0 atom stereocenters. The fraction of sp³-hybridized carbons (Fsp3) is 0.0811. The van der Waals surface area contributed by atoms with Crippen molar-refractivity contribution in [3.63, 3.8) is 0 Å². The predicted molar refractivity (Wildman–Crippen MR) is 167 cm³/mol. The zero-order chi connectivity index (χ0) is 27.8. The summed E-state index contributed by atoms with van der Waals surface area (Å²) in [5.41, 5.74) is 7.93. The quantitative estimate of drug-likeness (QED) is 0.134. The number of hydrogen-bond acceptors (Lipinski definition) is 2. The first-order chi connectivity index (χ1) is 20.2. The Hall–Kier alpha value is -4.02. The van der Waals surface area contributed by atoms with Gasteiger partial charge in [-0.05, 0) is 41.1 Å². The first-order valence-corrected chi connectivity index (χ1v) is 14.6. The van der Waals surface area contributed by atoms with Crippen LogP contribution < -0.4 is 4.57 Å². The Balaban J connectivity index is 0.000000205. The van der Waals surface area contributed by atoms with Gasteiger partial charge in [0, 0.05) is 11.1 Å². The zero-order valence-electron chi connectivity index (χ0n) is 23.2. The molecule has 3 heterocycles. The van der Waals surface area contributed by atoms with Gasteiger partial charge in [-0.25, -0.2) is 0 Å². The van der Waals surface area contributed by atoms with Gasteiger partial charge in [0.05, 0.1) is 16.7 Å². The molecule has 0 bridgehead atoms. The average molecular weight is 738 g/mol. The van der Waals surface area contributed by atoms with Gasteiger partial charge < -0.3 is 9.55 Å². The number of para-hydroxylation sites is 1. The summed E-state index contributed by atoms with van der Waals surface area (Å²) in [4.78, 5) is 6.72. The van der Waals surface area contributed by atoms with E-state index in [1.807, 2.05) is 54.2 Å². The van der Waals surface area contributed by atoms with Crippen molar-refractivity contribution in [2.75, 3.05) is 0 Å². The van der Waals surface area contributed by atoms with Crippen molar-refractivity contribution in [1.82, 2.24) is 9.55 Å². The van der Waals surface area contributed by atoms with E-state index < -0.39 is 0 Å². The molecule has 0 spiro atoms. The molecule has 0 fully saturated rings. The summed E-state index contributed by atoms with van der Waals surface area (Å²) < 4.78 is 4.35. The number of nitrogens with zero attached hydrogens (tertiary/aromatic N) is 3. The maximum Gasteiger partial charge on any atom is 3.00 e. The fourth-order valence-electron chi connectivity index (χ4n) is 5.19. The topological polar surface area (TPSA) is 21.7 Å². The summed E-state index contributed by atoms with van der Waals surface area (Å²) in [7, 11) is 0. The van der Waals surface area contributed by atoms with Crippen LogP contribution in [0.1, 0.15) is 25.3 Å². The molecular weight excluding hydrogens is 711 g/mol. The van der Waals surface area contributed by atoms with E-state index in [0.717, 1.165) is 22.6 Å². The molecule has 7 aromatic rings. The van der Waals surface area contributed by atoms with E-state index in [2.05, 4.69) is 119 Å². The minimum Gasteiger partial charge on any atom is -0.313 e. The van der Waals surface area contributed by atoms with Gasteiger partial charge in [-0.3, -0.25) is 4.57 Å². The third-order valence-electron chi connectivity index (χ3n) is 7.33. The number of benzene rings is 5. The van der Waals surface area contributed by atoms with Crippen molar-refractivity contribution < 1.29 is 24.7 Å². The summed E-state index contributed by atoms with van der Waals surface area (Å²) in [5, 5.41) is 2.49. The molecule has 42 heavy (non-hydrogen) atoms. The Morgan fingerprint density at radius 3 is 2.38 bits per heavy atom. The zero-order valence-corrected chi connectivity index (χ0v) is 26.4. The second-order valence-electron chi connectivity index (χ2n) is 10.3. The van der Waals surface area contributed by atoms with Gasteiger partial charge in [-0.1, -0.05) is 79.4 Å². The smallest absolute Gasteiger partial charge is 0.313 e. The predicted octanol–water partition coefficient (Wildman–Crippen LogP) is 8.80. The number of imidazole rings is 1. The third kappa shape index (κ3) is 5.20. The van der Waals surface area contributed by atoms with Crippen LogP contribution in [-0.2, 0) is 20.1 Å². The second-order valence-corrected chi connectivity index (χ2v) is 11.3. The van der Waals surface area contributed by atoms with Crippen LogP contribution in [0.4, 0.5) is 0 Å². The number of fused-ring (bicyclic) bond motifs is 4. The molecule has 0 aliphatic carbocycles. The number of aromatic nitrogens is 3. The molecule has 5 aromatic carbocycles. The van der Waals surface area contributed by atoms with Crippen molar-refractivity contribution >= 4 is 33.6 Å². The standard InChI is InChI=1S/C26H19N2S.C11H8N.Ir/c1-17(2)18-10-13-20(14-11-18)27-16-28-23-15-12-19-6-3-4-7-21(19)26(23)29-24-9-5-8-22(27)25(24)28;1-2-6-10(7-3-1)11-8-4-5-9-12-11;/h3-14,17H,1-2H3;1-6,8-9H;/q2*-1;+3. The SMILES string of the molecule is CC(C)c1ccc(-n2[c-][n+]3c4c(cccc42)Sc2c-3[c-]cc3ccccc23)cc1.[Ir+3].[c-]1ccccc1-c1ccccn1. The summed E-state index contributed by atoms with van der Waals surface area (Å²) >= 11 is 1.83. The van der Waals surface area contributed by atoms with Crippen LogP contribution in [0.25, 0.3) is 44.4 Å². The Labute approximate surface area is 264 Å². The normalized spacial score (nSPS) is 11.5. The van der Waals surface area contributed by atoms with E-state index in [9.17, 15) is 0 Å². The molecule has 2 aromatic heterocycles. The Bertz CT molecular complexity index is 1940. The maximum absolute atomic E-state index is 4.22. The summed E-state index contributed by atoms with van der Waals surface area (Å²) in [6, 6.07) is 46.3. The van der Waals surface area contributed by atoms with Crippen molar-refractivity contribution in [3.8, 4) is 22.6 Å². The summed E-state index contributed by atoms with van der Waals surface area (Å²) in [6.45, 7) is 4.45. The van der Waals surface area contributed by atoms with Crippen LogP contribution in [-0.4, -0.2) is 9.55 Å². The molecular formula is C37H27IrN3S+. The Kier molecular flexibility index (Phi) is 8.08. The first kappa shape index (κ1) is 28.1. The van der Waals surface area contributed by atoms with E-state index in [1.54, 1.807) is 6.20 Å². The fourth-order valence-corrected chi connectivity index (χ4v) is 6.39. The van der Waals surface area contributed by atoms with Gasteiger partial charge in [0.25, 0.3) is 6.33 Å². The van der Waals surface area contributed by atoms with Gasteiger partial charge in [-0.15, -0.1) is 52.7 Å². The molecule has 1 aliphatic heterocycles. The van der Waals surface area contributed by atoms with Gasteiger partial charge in [0.2, 0.25) is 0 Å². The number of rotatable bonds is 3. The number of hydrogen-bond donors (Lipinski definition) is 0. The van der Waals surface area contributed by atoms with Crippen molar-refractivity contribution in [2.45, 2.75) is 29.6 Å². The van der Waals surface area contributed by atoms with Crippen LogP contribution in [0.5, 0.6) is 0 Å². The minimum atomic E-state index is 0. The second kappa shape index (κ2) is 12.1. The van der Waals surface area contributed by atoms with E-state index in [0.29, 0.717) is 5.92 Å². The Morgan fingerprint density at radius 1 is 0.810 bits per heavy atom. The van der Waals surface area contributed by atoms with Crippen molar-refractivity contribution in [3.05, 3.63) is 145 Å². The first-order valence-electron chi connectivity index (χ1n) is 13.8. The van der Waals surface area contributed by atoms with Gasteiger partial charge in [-0.2, -0.15) is 23.9 Å². The Morgan fingerprint density at radius 2 is 1.62 bits per heavy atom. The van der Waals surface area contributed by atoms with E-state index in [4.69, 9.17) is 0 Å². The maximum atomic E-state index is 4.22. The van der Waals surface area contributed by atoms with Gasteiger partial charge in [0.1, 0.15) is 0 Å². The molecule has 204 valence electrons. The molecule has 0 radical (unpaired) electrons. The summed E-state index contributed by atoms with van der Waals surface area (Å²) in [6.07, 6.45) is 5.39. The van der Waals surface area contributed by atoms with Gasteiger partial charge >= 0.3 is 20.1 Å². The van der Waals surface area contributed by atoms with E-state index in [1.165, 1.54) is 37.2 Å². The molecule has 3 nitrogen and oxygen atoms in total. The molecule has 8 rings (SSSR count). The molecule has 0 saturated carbocycles. The minimum absolute atomic E-state index is 0. The molecule has 0 N–H and O–H groups in total. The molecule has 0 unspecified atom stereocenters. The number of pyridine rings is 1. The van der Waals surface area contributed by atoms with Crippen LogP contribution >= 0.6 is 11.8 Å². The van der Waals surface area contributed by atoms with E-state index in [-0.39, 0.29) is 20.1 Å². The van der Waals surface area contributed by atoms with Crippen LogP contribution in [0.2, 0.25) is 0 Å². The summed E-state index contributed by atoms with van der Waals surface area (Å²) in [5.74, 6) is 0.527. The largest absolute Gasteiger partial charge is 3.00 e. The van der Waals surface area contributed by atoms with Crippen molar-refractivity contribution in [2.24, 2.45) is 0 Å². The van der Waals surface area contributed by atoms with Gasteiger partial charge in [0.15, 0.2) is 0 Å². The van der Waals surface area contributed by atoms with Crippen LogP contribution in [0.15, 0.2) is 131 Å². The third-order valence-corrected chi connectivity index (χ3v) is 8.50. The molecule has 1 aliphatic rings. The molecule has 5 heteroatoms. The monoisotopic (exact) mass is 738 g/mol.